The Morgan fingerprint density at radius 2 is 2.15 bits per heavy atom. The Hall–Kier alpha value is -0.240. The van der Waals surface area contributed by atoms with Gasteiger partial charge in [0.15, 0.2) is 0 Å². The zero-order valence-corrected chi connectivity index (χ0v) is 8.57. The van der Waals surface area contributed by atoms with Gasteiger partial charge in [-0.3, -0.25) is 4.79 Å². The topological polar surface area (TPSA) is 29.1 Å². The second-order valence-electron chi connectivity index (χ2n) is 4.56. The van der Waals surface area contributed by atoms with Gasteiger partial charge >= 0.3 is 0 Å². The molecular weight excluding hydrogens is 186 g/mol. The van der Waals surface area contributed by atoms with Crippen LogP contribution < -0.4 is 5.32 Å². The van der Waals surface area contributed by atoms with Crippen LogP contribution in [0, 0.1) is 11.3 Å². The van der Waals surface area contributed by atoms with E-state index in [1.165, 1.54) is 25.7 Å². The van der Waals surface area contributed by atoms with Gasteiger partial charge in [0.05, 0.1) is 0 Å². The van der Waals surface area contributed by atoms with Crippen molar-refractivity contribution in [2.45, 2.75) is 32.1 Å². The van der Waals surface area contributed by atoms with Crippen molar-refractivity contribution in [3.05, 3.63) is 0 Å². The molecule has 0 unspecified atom stereocenters. The first-order chi connectivity index (χ1) is 6.24. The van der Waals surface area contributed by atoms with Gasteiger partial charge in [0.25, 0.3) is 0 Å². The normalized spacial score (nSPS) is 24.1. The second-order valence-corrected chi connectivity index (χ2v) is 4.83. The highest BCUT2D eigenvalue weighted by molar-refractivity contribution is 6.18. The Morgan fingerprint density at radius 1 is 1.46 bits per heavy atom. The van der Waals surface area contributed by atoms with Crippen LogP contribution in [-0.2, 0) is 4.79 Å². The molecule has 0 aromatic carbocycles. The SMILES string of the molecule is O=C(CC1CC1)NCC1(CCl)CC1. The average molecular weight is 202 g/mol. The fourth-order valence-electron chi connectivity index (χ4n) is 1.48. The van der Waals surface area contributed by atoms with Gasteiger partial charge in [-0.25, -0.2) is 0 Å². The van der Waals surface area contributed by atoms with Gasteiger partial charge in [0.1, 0.15) is 0 Å². The van der Waals surface area contributed by atoms with Crippen LogP contribution >= 0.6 is 11.6 Å². The fraction of sp³-hybridized carbons (Fsp3) is 0.900. The molecule has 2 aliphatic rings. The van der Waals surface area contributed by atoms with Crippen molar-refractivity contribution < 1.29 is 4.79 Å². The summed E-state index contributed by atoms with van der Waals surface area (Å²) in [5.74, 6) is 1.60. The van der Waals surface area contributed by atoms with E-state index in [0.717, 1.165) is 13.0 Å². The maximum absolute atomic E-state index is 11.3. The molecule has 0 radical (unpaired) electrons. The number of carbonyl (C=O) groups is 1. The molecular formula is C10H16ClNO. The highest BCUT2D eigenvalue weighted by atomic mass is 35.5. The molecule has 1 amide bonds. The largest absolute Gasteiger partial charge is 0.355 e. The summed E-state index contributed by atoms with van der Waals surface area (Å²) in [5, 5.41) is 2.98. The van der Waals surface area contributed by atoms with Gasteiger partial charge in [0.2, 0.25) is 5.91 Å². The third kappa shape index (κ3) is 2.60. The molecule has 0 atom stereocenters. The molecule has 2 nitrogen and oxygen atoms in total. The van der Waals surface area contributed by atoms with Gasteiger partial charge in [-0.2, -0.15) is 0 Å². The quantitative estimate of drug-likeness (QED) is 0.677. The van der Waals surface area contributed by atoms with Crippen molar-refractivity contribution in [3.8, 4) is 0 Å². The van der Waals surface area contributed by atoms with Crippen molar-refractivity contribution in [1.82, 2.24) is 5.32 Å². The maximum Gasteiger partial charge on any atom is 0.220 e. The van der Waals surface area contributed by atoms with Crippen LogP contribution in [0.15, 0.2) is 0 Å². The highest BCUT2D eigenvalue weighted by Gasteiger charge is 2.41. The van der Waals surface area contributed by atoms with Gasteiger partial charge in [-0.05, 0) is 31.6 Å². The standard InChI is InChI=1S/C10H16ClNO/c11-6-10(3-4-10)7-12-9(13)5-8-1-2-8/h8H,1-7H2,(H,12,13). The molecule has 2 aliphatic carbocycles. The van der Waals surface area contributed by atoms with Crippen molar-refractivity contribution in [1.29, 1.82) is 0 Å². The number of amides is 1. The Morgan fingerprint density at radius 3 is 2.62 bits per heavy atom. The van der Waals surface area contributed by atoms with Gasteiger partial charge < -0.3 is 5.32 Å². The predicted molar refractivity (Wildman–Crippen MR) is 52.7 cm³/mol. The van der Waals surface area contributed by atoms with Crippen LogP contribution in [0.2, 0.25) is 0 Å². The molecule has 74 valence electrons. The number of nitrogens with one attached hydrogen (secondary N) is 1. The molecule has 0 aromatic heterocycles. The molecule has 2 rings (SSSR count). The summed E-state index contributed by atoms with van der Waals surface area (Å²) in [6.45, 7) is 0.794. The van der Waals surface area contributed by atoms with Crippen molar-refractivity contribution >= 4 is 17.5 Å². The summed E-state index contributed by atoms with van der Waals surface area (Å²) in [6.07, 6.45) is 5.58. The summed E-state index contributed by atoms with van der Waals surface area (Å²) >= 11 is 5.81. The smallest absolute Gasteiger partial charge is 0.220 e. The van der Waals surface area contributed by atoms with Crippen molar-refractivity contribution in [2.24, 2.45) is 11.3 Å². The molecule has 2 saturated carbocycles. The molecule has 0 spiro atoms. The first-order valence-electron chi connectivity index (χ1n) is 5.07. The van der Waals surface area contributed by atoms with Crippen molar-refractivity contribution in [3.63, 3.8) is 0 Å². The zero-order valence-electron chi connectivity index (χ0n) is 7.81. The summed E-state index contributed by atoms with van der Waals surface area (Å²) in [5.41, 5.74) is 0.265. The first-order valence-corrected chi connectivity index (χ1v) is 5.60. The number of hydrogen-bond acceptors (Lipinski definition) is 1. The van der Waals surface area contributed by atoms with E-state index < -0.39 is 0 Å². The highest BCUT2D eigenvalue weighted by Crippen LogP contribution is 2.45. The number of alkyl halides is 1. The lowest BCUT2D eigenvalue weighted by Gasteiger charge is -2.11. The molecule has 0 bridgehead atoms. The Bertz CT molecular complexity index is 209. The summed E-state index contributed by atoms with van der Waals surface area (Å²) in [4.78, 5) is 11.3. The summed E-state index contributed by atoms with van der Waals surface area (Å²) in [6, 6.07) is 0. The second kappa shape index (κ2) is 3.49. The van der Waals surface area contributed by atoms with E-state index in [1.807, 2.05) is 0 Å². The van der Waals surface area contributed by atoms with E-state index in [0.29, 0.717) is 11.8 Å². The van der Waals surface area contributed by atoms with E-state index in [-0.39, 0.29) is 11.3 Å². The minimum Gasteiger partial charge on any atom is -0.355 e. The van der Waals surface area contributed by atoms with Crippen LogP contribution in [-0.4, -0.2) is 18.3 Å². The maximum atomic E-state index is 11.3. The molecule has 0 saturated heterocycles. The monoisotopic (exact) mass is 201 g/mol. The van der Waals surface area contributed by atoms with E-state index >= 15 is 0 Å². The van der Waals surface area contributed by atoms with Gasteiger partial charge in [0, 0.05) is 24.3 Å². The van der Waals surface area contributed by atoms with E-state index in [1.54, 1.807) is 0 Å². The lowest BCUT2D eigenvalue weighted by molar-refractivity contribution is -0.121. The van der Waals surface area contributed by atoms with Crippen LogP contribution in [0.5, 0.6) is 0 Å². The summed E-state index contributed by atoms with van der Waals surface area (Å²) < 4.78 is 0. The third-order valence-electron chi connectivity index (χ3n) is 3.07. The number of rotatable bonds is 5. The van der Waals surface area contributed by atoms with Crippen LogP contribution in [0.1, 0.15) is 32.1 Å². The van der Waals surface area contributed by atoms with Crippen molar-refractivity contribution in [2.75, 3.05) is 12.4 Å². The number of hydrogen-bond donors (Lipinski definition) is 1. The molecule has 3 heteroatoms. The van der Waals surface area contributed by atoms with Gasteiger partial charge in [-0.15, -0.1) is 11.6 Å². The minimum absolute atomic E-state index is 0.221. The molecule has 1 N–H and O–H groups in total. The first kappa shape index (κ1) is 9.32. The molecule has 0 aliphatic heterocycles. The number of halogens is 1. The predicted octanol–water partition coefficient (Wildman–Crippen LogP) is 1.92. The molecule has 2 fully saturated rings. The third-order valence-corrected chi connectivity index (χ3v) is 3.64. The van der Waals surface area contributed by atoms with Gasteiger partial charge in [-0.1, -0.05) is 0 Å². The Balaban J connectivity index is 1.63. The molecule has 13 heavy (non-hydrogen) atoms. The lowest BCUT2D eigenvalue weighted by atomic mass is 10.1. The zero-order chi connectivity index (χ0) is 9.31. The minimum atomic E-state index is 0.221. The lowest BCUT2D eigenvalue weighted by Crippen LogP contribution is -2.31. The Labute approximate surface area is 84.0 Å². The van der Waals surface area contributed by atoms with E-state index in [4.69, 9.17) is 11.6 Å². The molecule has 0 heterocycles. The summed E-state index contributed by atoms with van der Waals surface area (Å²) in [7, 11) is 0. The fourth-order valence-corrected chi connectivity index (χ4v) is 1.84. The van der Waals surface area contributed by atoms with Crippen LogP contribution in [0.25, 0.3) is 0 Å². The van der Waals surface area contributed by atoms with E-state index in [9.17, 15) is 4.79 Å². The van der Waals surface area contributed by atoms with Crippen LogP contribution in [0.4, 0.5) is 0 Å². The molecule has 0 aromatic rings. The Kier molecular flexibility index (Phi) is 2.50. The average Bonchev–Trinajstić information content (AvgIpc) is 2.98. The van der Waals surface area contributed by atoms with Crippen LogP contribution in [0.3, 0.4) is 0 Å². The number of carbonyl (C=O) groups excluding carboxylic acids is 1. The van der Waals surface area contributed by atoms with E-state index in [2.05, 4.69) is 5.32 Å².